The first-order valence-electron chi connectivity index (χ1n) is 16.7. The number of nitriles is 1. The van der Waals surface area contributed by atoms with Gasteiger partial charge >= 0.3 is 0 Å². The molecular formula is C36H47Cl2F2N5O4. The van der Waals surface area contributed by atoms with Crippen LogP contribution in [-0.4, -0.2) is 90.5 Å². The Balaban J connectivity index is 1.55. The molecule has 0 saturated carbocycles. The fourth-order valence-corrected chi connectivity index (χ4v) is 7.24. The van der Waals surface area contributed by atoms with E-state index in [-0.39, 0.29) is 44.9 Å². The number of carbonyl (C=O) groups excluding carboxylic acids is 2. The molecule has 2 amide bonds. The molecule has 2 saturated heterocycles. The monoisotopic (exact) mass is 721 g/mol. The van der Waals surface area contributed by atoms with Gasteiger partial charge in [0.15, 0.2) is 5.79 Å². The summed E-state index contributed by atoms with van der Waals surface area (Å²) in [4.78, 5) is 30.7. The Morgan fingerprint density at radius 1 is 1.10 bits per heavy atom. The standard InChI is InChI=1S/C36H47Cl2F2N5O4/c1-34(2,3)20-28-36(22-41,25-12-11-23(37)19-27(25)39)30(24-9-8-10-26(38)31(24)40)32(43-28)33(47)45-16-14-44(15-17-45)21-29(46)42-13-6-7-18-49-35(4,5)48/h8-12,19,28,30,32,43,48H,6-7,13-18,20-21H2,1-5H3,(H,42,46)/t28?,30?,32-,36+/m1/s1. The first kappa shape index (κ1) is 38.9. The van der Waals surface area contributed by atoms with Crippen LogP contribution in [0.1, 0.15) is 70.9 Å². The van der Waals surface area contributed by atoms with Crippen molar-refractivity contribution in [2.45, 2.75) is 83.1 Å². The van der Waals surface area contributed by atoms with Crippen LogP contribution in [0.2, 0.25) is 10.0 Å². The quantitative estimate of drug-likeness (QED) is 0.199. The van der Waals surface area contributed by atoms with Crippen LogP contribution < -0.4 is 10.6 Å². The van der Waals surface area contributed by atoms with Crippen molar-refractivity contribution in [3.63, 3.8) is 0 Å². The van der Waals surface area contributed by atoms with Gasteiger partial charge in [-0.25, -0.2) is 8.78 Å². The predicted octanol–water partition coefficient (Wildman–Crippen LogP) is 5.38. The van der Waals surface area contributed by atoms with Crippen molar-refractivity contribution >= 4 is 35.0 Å². The second kappa shape index (κ2) is 16.0. The fourth-order valence-electron chi connectivity index (χ4n) is 6.90. The highest BCUT2D eigenvalue weighted by Gasteiger charge is 2.61. The second-order valence-corrected chi connectivity index (χ2v) is 15.5. The van der Waals surface area contributed by atoms with Gasteiger partial charge in [-0.15, -0.1) is 0 Å². The molecule has 2 aliphatic rings. The summed E-state index contributed by atoms with van der Waals surface area (Å²) in [5, 5.41) is 26.9. The molecule has 2 heterocycles. The third kappa shape index (κ3) is 9.48. The third-order valence-corrected chi connectivity index (χ3v) is 9.64. The van der Waals surface area contributed by atoms with Gasteiger partial charge in [0.25, 0.3) is 0 Å². The van der Waals surface area contributed by atoms with Gasteiger partial charge in [0.05, 0.1) is 30.3 Å². The van der Waals surface area contributed by atoms with Crippen LogP contribution >= 0.6 is 23.2 Å². The zero-order valence-corrected chi connectivity index (χ0v) is 30.3. The summed E-state index contributed by atoms with van der Waals surface area (Å²) in [5.74, 6) is -4.28. The number of rotatable bonds is 12. The molecule has 4 rings (SSSR count). The number of piperazine rings is 1. The molecule has 0 aliphatic carbocycles. The molecule has 2 aromatic rings. The van der Waals surface area contributed by atoms with Crippen LogP contribution in [0, 0.1) is 28.4 Å². The van der Waals surface area contributed by atoms with Crippen LogP contribution in [-0.2, 0) is 19.7 Å². The zero-order valence-electron chi connectivity index (χ0n) is 28.8. The van der Waals surface area contributed by atoms with Gasteiger partial charge in [-0.2, -0.15) is 5.26 Å². The van der Waals surface area contributed by atoms with Gasteiger partial charge in [0, 0.05) is 55.3 Å². The first-order valence-corrected chi connectivity index (χ1v) is 17.4. The molecule has 3 N–H and O–H groups in total. The number of hydrogen-bond donors (Lipinski definition) is 3. The number of unbranched alkanes of at least 4 members (excludes halogenated alkanes) is 1. The van der Waals surface area contributed by atoms with Gasteiger partial charge in [0.1, 0.15) is 17.0 Å². The highest BCUT2D eigenvalue weighted by atomic mass is 35.5. The van der Waals surface area contributed by atoms with Gasteiger partial charge in [-0.1, -0.05) is 62.2 Å². The number of benzene rings is 2. The molecule has 2 fully saturated rings. The third-order valence-electron chi connectivity index (χ3n) is 9.11. The lowest BCUT2D eigenvalue weighted by Crippen LogP contribution is -2.55. The molecule has 4 atom stereocenters. The minimum Gasteiger partial charge on any atom is -0.366 e. The molecular weight excluding hydrogens is 675 g/mol. The van der Waals surface area contributed by atoms with E-state index in [1.54, 1.807) is 24.8 Å². The SMILES string of the molecule is CC(C)(C)CC1N[C@@H](C(=O)N2CCN(CC(=O)NCCCCOC(C)(C)O)CC2)C(c2cccc(Cl)c2F)[C@@]1(C#N)c1ccc(Cl)cc1F. The minimum absolute atomic E-state index is 0.0291. The van der Waals surface area contributed by atoms with E-state index < -0.39 is 40.8 Å². The Labute approximate surface area is 297 Å². The van der Waals surface area contributed by atoms with Crippen LogP contribution in [0.15, 0.2) is 36.4 Å². The van der Waals surface area contributed by atoms with Crippen LogP contribution in [0.3, 0.4) is 0 Å². The topological polar surface area (TPSA) is 118 Å². The lowest BCUT2D eigenvalue weighted by molar-refractivity contribution is -0.176. The molecule has 0 aromatic heterocycles. The van der Waals surface area contributed by atoms with E-state index in [1.807, 2.05) is 25.7 Å². The summed E-state index contributed by atoms with van der Waals surface area (Å²) in [5.41, 5.74) is -1.98. The van der Waals surface area contributed by atoms with Crippen LogP contribution in [0.4, 0.5) is 8.78 Å². The smallest absolute Gasteiger partial charge is 0.240 e. The number of ether oxygens (including phenoxy) is 1. The Morgan fingerprint density at radius 3 is 2.41 bits per heavy atom. The maximum absolute atomic E-state index is 16.0. The largest absolute Gasteiger partial charge is 0.366 e. The predicted molar refractivity (Wildman–Crippen MR) is 185 cm³/mol. The number of halogens is 4. The summed E-state index contributed by atoms with van der Waals surface area (Å²) >= 11 is 12.4. The van der Waals surface area contributed by atoms with E-state index in [1.165, 1.54) is 24.3 Å². The molecule has 0 bridgehead atoms. The van der Waals surface area contributed by atoms with Crippen molar-refractivity contribution in [3.8, 4) is 6.07 Å². The molecule has 2 aliphatic heterocycles. The van der Waals surface area contributed by atoms with Crippen molar-refractivity contribution in [2.24, 2.45) is 5.41 Å². The zero-order chi connectivity index (χ0) is 36.1. The highest BCUT2D eigenvalue weighted by Crippen LogP contribution is 2.53. The highest BCUT2D eigenvalue weighted by molar-refractivity contribution is 6.31. The Bertz CT molecular complexity index is 1530. The molecule has 0 spiro atoms. The first-order chi connectivity index (χ1) is 23.0. The molecule has 268 valence electrons. The fraction of sp³-hybridized carbons (Fsp3) is 0.583. The summed E-state index contributed by atoms with van der Waals surface area (Å²) in [7, 11) is 0. The number of nitrogens with one attached hydrogen (secondary N) is 2. The average molecular weight is 723 g/mol. The number of amides is 2. The summed E-state index contributed by atoms with van der Waals surface area (Å²) < 4.78 is 37.1. The van der Waals surface area contributed by atoms with E-state index in [9.17, 15) is 20.0 Å². The molecule has 9 nitrogen and oxygen atoms in total. The second-order valence-electron chi connectivity index (χ2n) is 14.6. The summed E-state index contributed by atoms with van der Waals surface area (Å²) in [6.45, 7) is 11.6. The van der Waals surface area contributed by atoms with Gasteiger partial charge in [-0.3, -0.25) is 14.5 Å². The molecule has 0 radical (unpaired) electrons. The Hall–Kier alpha value is -2.85. The van der Waals surface area contributed by atoms with Crippen LogP contribution in [0.25, 0.3) is 0 Å². The lowest BCUT2D eigenvalue weighted by atomic mass is 9.62. The summed E-state index contributed by atoms with van der Waals surface area (Å²) in [6.07, 6.45) is 1.77. The van der Waals surface area contributed by atoms with E-state index >= 15 is 8.78 Å². The molecule has 13 heteroatoms. The van der Waals surface area contributed by atoms with Gasteiger partial charge < -0.3 is 25.4 Å². The number of nitrogens with zero attached hydrogens (tertiary/aromatic N) is 3. The average Bonchev–Trinajstić information content (AvgIpc) is 3.32. The van der Waals surface area contributed by atoms with Crippen molar-refractivity contribution in [1.29, 1.82) is 5.26 Å². The van der Waals surface area contributed by atoms with Crippen LogP contribution in [0.5, 0.6) is 0 Å². The number of carbonyl (C=O) groups is 2. The van der Waals surface area contributed by atoms with Crippen molar-refractivity contribution < 1.29 is 28.2 Å². The van der Waals surface area contributed by atoms with Crippen molar-refractivity contribution in [1.82, 2.24) is 20.4 Å². The maximum Gasteiger partial charge on any atom is 0.240 e. The van der Waals surface area contributed by atoms with Gasteiger partial charge in [-0.05, 0) is 62.3 Å². The Morgan fingerprint density at radius 2 is 1.80 bits per heavy atom. The van der Waals surface area contributed by atoms with E-state index in [0.717, 1.165) is 6.07 Å². The van der Waals surface area contributed by atoms with Gasteiger partial charge in [0.2, 0.25) is 11.8 Å². The van der Waals surface area contributed by atoms with E-state index in [2.05, 4.69) is 16.7 Å². The summed E-state index contributed by atoms with van der Waals surface area (Å²) in [6, 6.07) is 9.10. The maximum atomic E-state index is 16.0. The number of hydrogen-bond acceptors (Lipinski definition) is 7. The molecule has 2 unspecified atom stereocenters. The molecule has 49 heavy (non-hydrogen) atoms. The van der Waals surface area contributed by atoms with E-state index in [4.69, 9.17) is 27.9 Å². The number of aliphatic hydroxyl groups is 1. The van der Waals surface area contributed by atoms with Crippen molar-refractivity contribution in [3.05, 3.63) is 69.2 Å². The van der Waals surface area contributed by atoms with Crippen molar-refractivity contribution in [2.75, 3.05) is 45.9 Å². The molecule has 2 aromatic carbocycles. The van der Waals surface area contributed by atoms with E-state index in [0.29, 0.717) is 58.6 Å². The lowest BCUT2D eigenvalue weighted by Gasteiger charge is -2.38. The Kier molecular flexibility index (Phi) is 12.7. The normalized spacial score (nSPS) is 23.4. The minimum atomic E-state index is -1.70.